The Morgan fingerprint density at radius 2 is 1.75 bits per heavy atom. The molecule has 0 heterocycles. The molecule has 1 N–H and O–H groups in total. The van der Waals surface area contributed by atoms with Crippen molar-refractivity contribution in [2.75, 3.05) is 5.88 Å². The lowest BCUT2D eigenvalue weighted by molar-refractivity contribution is -0.150. The second-order valence-electron chi connectivity index (χ2n) is 3.26. The highest BCUT2D eigenvalue weighted by Gasteiger charge is 2.38. The molecule has 0 aromatic heterocycles. The lowest BCUT2D eigenvalue weighted by Gasteiger charge is -2.19. The molecule has 1 rings (SSSR count). The topological polar surface area (TPSA) is 12.0 Å². The average molecular weight is 272 g/mol. The molecular weight excluding hydrogens is 262 g/mol. The Bertz CT molecular complexity index is 324. The first-order valence-electron chi connectivity index (χ1n) is 4.54. The van der Waals surface area contributed by atoms with E-state index in [4.69, 9.17) is 23.2 Å². The van der Waals surface area contributed by atoms with Gasteiger partial charge in [0.25, 0.3) is 0 Å². The first-order valence-corrected chi connectivity index (χ1v) is 5.45. The molecule has 1 aromatic carbocycles. The van der Waals surface area contributed by atoms with E-state index in [0.29, 0.717) is 5.02 Å². The van der Waals surface area contributed by atoms with E-state index in [0.717, 1.165) is 5.56 Å². The molecule has 1 nitrogen and oxygen atoms in total. The van der Waals surface area contributed by atoms with Gasteiger partial charge in [-0.1, -0.05) is 23.7 Å². The van der Waals surface area contributed by atoms with Crippen LogP contribution in [-0.4, -0.2) is 18.1 Å². The average Bonchev–Trinajstić information content (AvgIpc) is 2.19. The monoisotopic (exact) mass is 271 g/mol. The number of hydrogen-bond acceptors (Lipinski definition) is 1. The van der Waals surface area contributed by atoms with Gasteiger partial charge in [-0.25, -0.2) is 0 Å². The zero-order valence-corrected chi connectivity index (χ0v) is 9.70. The first kappa shape index (κ1) is 13.6. The Kier molecular flexibility index (Phi) is 4.89. The summed E-state index contributed by atoms with van der Waals surface area (Å²) in [5.41, 5.74) is 0.726. The van der Waals surface area contributed by atoms with Crippen LogP contribution in [0, 0.1) is 0 Å². The van der Waals surface area contributed by atoms with Crippen LogP contribution in [0.5, 0.6) is 0 Å². The van der Waals surface area contributed by atoms with E-state index in [1.807, 2.05) is 0 Å². The van der Waals surface area contributed by atoms with Crippen LogP contribution in [0.15, 0.2) is 24.3 Å². The van der Waals surface area contributed by atoms with Crippen LogP contribution in [0.3, 0.4) is 0 Å². The van der Waals surface area contributed by atoms with Crippen LogP contribution in [0.25, 0.3) is 0 Å². The van der Waals surface area contributed by atoms with Gasteiger partial charge in [0.15, 0.2) is 0 Å². The molecule has 0 aliphatic carbocycles. The molecule has 0 spiro atoms. The van der Waals surface area contributed by atoms with E-state index in [2.05, 4.69) is 5.32 Å². The van der Waals surface area contributed by atoms with Crippen molar-refractivity contribution in [3.63, 3.8) is 0 Å². The highest BCUT2D eigenvalue weighted by atomic mass is 35.5. The van der Waals surface area contributed by atoms with E-state index in [9.17, 15) is 13.2 Å². The van der Waals surface area contributed by atoms with E-state index in [-0.39, 0.29) is 6.54 Å². The molecule has 90 valence electrons. The van der Waals surface area contributed by atoms with Crippen molar-refractivity contribution in [2.45, 2.75) is 18.8 Å². The fraction of sp³-hybridized carbons (Fsp3) is 0.400. The molecule has 6 heteroatoms. The summed E-state index contributed by atoms with van der Waals surface area (Å²) in [6.45, 7) is 0.105. The Morgan fingerprint density at radius 3 is 2.19 bits per heavy atom. The molecule has 0 saturated heterocycles. The number of alkyl halides is 4. The van der Waals surface area contributed by atoms with Gasteiger partial charge >= 0.3 is 6.18 Å². The molecule has 16 heavy (non-hydrogen) atoms. The normalized spacial score (nSPS) is 13.8. The van der Waals surface area contributed by atoms with Gasteiger partial charge in [-0.3, -0.25) is 0 Å². The quantitative estimate of drug-likeness (QED) is 0.826. The van der Waals surface area contributed by atoms with Gasteiger partial charge in [0.1, 0.15) is 6.04 Å². The number of nitrogens with one attached hydrogen (secondary N) is 1. The summed E-state index contributed by atoms with van der Waals surface area (Å²) in [7, 11) is 0. The number of benzene rings is 1. The van der Waals surface area contributed by atoms with Gasteiger partial charge in [0, 0.05) is 17.4 Å². The third-order valence-corrected chi connectivity index (χ3v) is 2.58. The second-order valence-corrected chi connectivity index (χ2v) is 4.00. The predicted octanol–water partition coefficient (Wildman–Crippen LogP) is 3.60. The molecule has 1 unspecified atom stereocenters. The van der Waals surface area contributed by atoms with Gasteiger partial charge in [-0.2, -0.15) is 13.2 Å². The van der Waals surface area contributed by atoms with Crippen LogP contribution >= 0.6 is 23.2 Å². The fourth-order valence-electron chi connectivity index (χ4n) is 1.10. The molecule has 0 radical (unpaired) electrons. The van der Waals surface area contributed by atoms with Gasteiger partial charge in [-0.05, 0) is 17.7 Å². The maximum Gasteiger partial charge on any atom is 0.405 e. The van der Waals surface area contributed by atoms with Crippen molar-refractivity contribution >= 4 is 23.2 Å². The van der Waals surface area contributed by atoms with Gasteiger partial charge in [0.2, 0.25) is 0 Å². The van der Waals surface area contributed by atoms with E-state index < -0.39 is 18.1 Å². The van der Waals surface area contributed by atoms with Gasteiger partial charge in [0.05, 0.1) is 0 Å². The Labute approximate surface area is 102 Å². The van der Waals surface area contributed by atoms with Crippen LogP contribution in [0.2, 0.25) is 5.02 Å². The summed E-state index contributed by atoms with van der Waals surface area (Å²) in [6.07, 6.45) is -4.33. The smallest absolute Gasteiger partial charge is 0.301 e. The van der Waals surface area contributed by atoms with E-state index >= 15 is 0 Å². The summed E-state index contributed by atoms with van der Waals surface area (Å²) in [4.78, 5) is 0. The lowest BCUT2D eigenvalue weighted by atomic mass is 10.2. The van der Waals surface area contributed by atoms with Gasteiger partial charge in [-0.15, -0.1) is 11.6 Å². The predicted molar refractivity (Wildman–Crippen MR) is 58.9 cm³/mol. The number of hydrogen-bond donors (Lipinski definition) is 1. The third-order valence-electron chi connectivity index (χ3n) is 2.02. The SMILES string of the molecule is FC(F)(F)C(CCl)NCc1ccc(Cl)cc1. The maximum atomic E-state index is 12.3. The Morgan fingerprint density at radius 1 is 1.19 bits per heavy atom. The Balaban J connectivity index is 2.53. The summed E-state index contributed by atoms with van der Waals surface area (Å²) < 4.78 is 37.0. The standard InChI is InChI=1S/C10H10Cl2F3N/c11-5-9(10(13,14)15)16-6-7-1-3-8(12)4-2-7/h1-4,9,16H,5-6H2. The molecule has 0 aliphatic rings. The second kappa shape index (κ2) is 5.75. The minimum absolute atomic E-state index is 0.105. The fourth-order valence-corrected chi connectivity index (χ4v) is 1.51. The lowest BCUT2D eigenvalue weighted by Crippen LogP contribution is -2.43. The van der Waals surface area contributed by atoms with Crippen LogP contribution in [-0.2, 0) is 6.54 Å². The molecule has 0 amide bonds. The largest absolute Gasteiger partial charge is 0.405 e. The molecule has 1 atom stereocenters. The van der Waals surface area contributed by atoms with Crippen LogP contribution < -0.4 is 5.32 Å². The van der Waals surface area contributed by atoms with Crippen molar-refractivity contribution in [1.29, 1.82) is 0 Å². The summed E-state index contributed by atoms with van der Waals surface area (Å²) in [6, 6.07) is 4.89. The van der Waals surface area contributed by atoms with Gasteiger partial charge < -0.3 is 5.32 Å². The third kappa shape index (κ3) is 4.20. The van der Waals surface area contributed by atoms with Crippen molar-refractivity contribution in [2.24, 2.45) is 0 Å². The molecular formula is C10H10Cl2F3N. The zero-order valence-electron chi connectivity index (χ0n) is 8.19. The number of rotatable bonds is 4. The van der Waals surface area contributed by atoms with Crippen LogP contribution in [0.1, 0.15) is 5.56 Å². The van der Waals surface area contributed by atoms with Crippen molar-refractivity contribution in [3.8, 4) is 0 Å². The summed E-state index contributed by atoms with van der Waals surface area (Å²) in [5.74, 6) is -0.503. The minimum atomic E-state index is -4.33. The zero-order chi connectivity index (χ0) is 12.2. The first-order chi connectivity index (χ1) is 7.43. The highest BCUT2D eigenvalue weighted by molar-refractivity contribution is 6.30. The van der Waals surface area contributed by atoms with Crippen LogP contribution in [0.4, 0.5) is 13.2 Å². The summed E-state index contributed by atoms with van der Waals surface area (Å²) >= 11 is 10.9. The maximum absolute atomic E-state index is 12.3. The van der Waals surface area contributed by atoms with E-state index in [1.54, 1.807) is 24.3 Å². The van der Waals surface area contributed by atoms with Crippen molar-refractivity contribution in [3.05, 3.63) is 34.9 Å². The van der Waals surface area contributed by atoms with E-state index in [1.165, 1.54) is 0 Å². The molecule has 1 aromatic rings. The Hall–Kier alpha value is -0.450. The number of halogens is 5. The highest BCUT2D eigenvalue weighted by Crippen LogP contribution is 2.21. The minimum Gasteiger partial charge on any atom is -0.301 e. The molecule has 0 saturated carbocycles. The summed E-state index contributed by atoms with van der Waals surface area (Å²) in [5, 5.41) is 2.89. The van der Waals surface area contributed by atoms with Crippen molar-refractivity contribution < 1.29 is 13.2 Å². The van der Waals surface area contributed by atoms with Crippen molar-refractivity contribution in [1.82, 2.24) is 5.32 Å². The molecule has 0 fully saturated rings. The molecule has 0 aliphatic heterocycles. The molecule has 0 bridgehead atoms.